The number of benzene rings is 2. The van der Waals surface area contributed by atoms with Crippen molar-refractivity contribution in [2.24, 2.45) is 11.8 Å². The summed E-state index contributed by atoms with van der Waals surface area (Å²) in [6.07, 6.45) is 0.576. The molecule has 0 radical (unpaired) electrons. The zero-order valence-electron chi connectivity index (χ0n) is 17.1. The number of fused-ring (bicyclic) bond motifs is 1. The molecule has 0 aliphatic carbocycles. The van der Waals surface area contributed by atoms with E-state index in [1.165, 1.54) is 5.39 Å². The minimum absolute atomic E-state index is 0.260. The van der Waals surface area contributed by atoms with Crippen molar-refractivity contribution in [3.63, 3.8) is 0 Å². The Labute approximate surface area is 173 Å². The molecule has 0 saturated heterocycles. The van der Waals surface area contributed by atoms with Crippen LogP contribution in [0.25, 0.3) is 10.8 Å². The molecule has 2 aromatic carbocycles. The predicted octanol–water partition coefficient (Wildman–Crippen LogP) is 5.91. The van der Waals surface area contributed by atoms with E-state index in [2.05, 4.69) is 30.3 Å². The van der Waals surface area contributed by atoms with Crippen molar-refractivity contribution in [3.8, 4) is 0 Å². The molecule has 0 aliphatic heterocycles. The van der Waals surface area contributed by atoms with E-state index in [-0.39, 0.29) is 11.9 Å². The van der Waals surface area contributed by atoms with Crippen LogP contribution in [0.5, 0.6) is 0 Å². The number of thioether (sulfide) groups is 1. The molecule has 28 heavy (non-hydrogen) atoms. The second kappa shape index (κ2) is 10.9. The van der Waals surface area contributed by atoms with Crippen molar-refractivity contribution in [3.05, 3.63) is 42.5 Å². The summed E-state index contributed by atoms with van der Waals surface area (Å²) < 4.78 is 23.7. The van der Waals surface area contributed by atoms with Crippen molar-refractivity contribution in [2.45, 2.75) is 44.4 Å². The average molecular weight is 422 g/mol. The number of hydrogen-bond donors (Lipinski definition) is 0. The molecule has 2 rings (SSSR count). The van der Waals surface area contributed by atoms with Crippen molar-refractivity contribution in [1.82, 2.24) is 0 Å². The summed E-state index contributed by atoms with van der Waals surface area (Å²) in [6.45, 7) is 8.45. The molecular formula is C22H30O4PS+. The molecule has 3 unspecified atom stereocenters. The first-order valence-electron chi connectivity index (χ1n) is 9.77. The molecule has 0 saturated carbocycles. The maximum atomic E-state index is 12.7. The van der Waals surface area contributed by atoms with Crippen molar-refractivity contribution < 1.29 is 18.8 Å². The fourth-order valence-electron chi connectivity index (χ4n) is 3.27. The summed E-state index contributed by atoms with van der Waals surface area (Å²) in [6, 6.07) is 14.4. The van der Waals surface area contributed by atoms with Crippen LogP contribution in [0.4, 0.5) is 0 Å². The Balaban J connectivity index is 2.30. The van der Waals surface area contributed by atoms with Crippen LogP contribution in [0.2, 0.25) is 0 Å². The lowest BCUT2D eigenvalue weighted by molar-refractivity contribution is -0.156. The number of rotatable bonds is 11. The third kappa shape index (κ3) is 5.79. The van der Waals surface area contributed by atoms with Gasteiger partial charge in [-0.25, -0.2) is 0 Å². The highest BCUT2D eigenvalue weighted by Crippen LogP contribution is 2.42. The third-order valence-corrected chi connectivity index (χ3v) is 7.02. The first-order valence-corrected chi connectivity index (χ1v) is 11.7. The topological polar surface area (TPSA) is 52.6 Å². The predicted molar refractivity (Wildman–Crippen MR) is 118 cm³/mol. The first-order chi connectivity index (χ1) is 13.5. The van der Waals surface area contributed by atoms with Crippen LogP contribution in [0.15, 0.2) is 47.4 Å². The highest BCUT2D eigenvalue weighted by atomic mass is 32.2. The lowest BCUT2D eigenvalue weighted by Gasteiger charge is -2.29. The Bertz CT molecular complexity index is 795. The van der Waals surface area contributed by atoms with Crippen LogP contribution >= 0.6 is 20.2 Å². The maximum absolute atomic E-state index is 12.7. The SMILES string of the molecule is CCOC(=O)C(CC(C)C)C(CSc1ccc2ccccc2c1)(OCC)[PH+]=O. The standard InChI is InChI=1S/C22H29O4PS/c1-5-25-21(23)20(13-16(3)4)22(27-24,26-6-2)15-28-19-12-11-17-9-7-8-10-18(17)14-19/h7-12,14,16,20H,5-6,13,15H2,1-4H3/p+1. The van der Waals surface area contributed by atoms with Gasteiger partial charge in [0.15, 0.2) is 0 Å². The maximum Gasteiger partial charge on any atom is 0.361 e. The number of esters is 1. The molecule has 3 atom stereocenters. The van der Waals surface area contributed by atoms with Crippen molar-refractivity contribution >= 4 is 37.0 Å². The van der Waals surface area contributed by atoms with Crippen LogP contribution in [-0.4, -0.2) is 30.3 Å². The monoisotopic (exact) mass is 421 g/mol. The van der Waals surface area contributed by atoms with Gasteiger partial charge in [0, 0.05) is 11.5 Å². The van der Waals surface area contributed by atoms with Gasteiger partial charge in [0.2, 0.25) is 0 Å². The van der Waals surface area contributed by atoms with E-state index in [0.29, 0.717) is 25.4 Å². The highest BCUT2D eigenvalue weighted by molar-refractivity contribution is 7.99. The Morgan fingerprint density at radius 1 is 1.11 bits per heavy atom. The molecule has 2 aromatic rings. The number of ether oxygens (including phenoxy) is 2. The van der Waals surface area contributed by atoms with E-state index < -0.39 is 19.7 Å². The van der Waals surface area contributed by atoms with Crippen molar-refractivity contribution in [2.75, 3.05) is 19.0 Å². The van der Waals surface area contributed by atoms with E-state index in [1.54, 1.807) is 18.7 Å². The van der Waals surface area contributed by atoms with Gasteiger partial charge in [0.25, 0.3) is 5.34 Å². The molecule has 152 valence electrons. The van der Waals surface area contributed by atoms with E-state index >= 15 is 0 Å². The van der Waals surface area contributed by atoms with Crippen LogP contribution < -0.4 is 0 Å². The first kappa shape index (κ1) is 22.9. The molecule has 0 N–H and O–H groups in total. The molecule has 0 aromatic heterocycles. The highest BCUT2D eigenvalue weighted by Gasteiger charge is 2.53. The summed E-state index contributed by atoms with van der Waals surface area (Å²) in [4.78, 5) is 13.8. The number of carbonyl (C=O) groups is 1. The van der Waals surface area contributed by atoms with Gasteiger partial charge in [-0.2, -0.15) is 0 Å². The van der Waals surface area contributed by atoms with Gasteiger partial charge in [-0.05, 0) is 49.1 Å². The fourth-order valence-corrected chi connectivity index (χ4v) is 5.34. The molecular weight excluding hydrogens is 391 g/mol. The van der Waals surface area contributed by atoms with E-state index in [4.69, 9.17) is 9.47 Å². The number of hydrogen-bond acceptors (Lipinski definition) is 5. The van der Waals surface area contributed by atoms with Gasteiger partial charge in [-0.15, -0.1) is 11.8 Å². The average Bonchev–Trinajstić information content (AvgIpc) is 2.69. The fraction of sp³-hybridized carbons (Fsp3) is 0.500. The van der Waals surface area contributed by atoms with Gasteiger partial charge in [-0.3, -0.25) is 4.79 Å². The quantitative estimate of drug-likeness (QED) is 0.256. The Kier molecular flexibility index (Phi) is 8.94. The molecule has 0 fully saturated rings. The van der Waals surface area contributed by atoms with Gasteiger partial charge in [-0.1, -0.05) is 48.7 Å². The molecule has 0 aliphatic rings. The van der Waals surface area contributed by atoms with Crippen LogP contribution in [0, 0.1) is 11.8 Å². The molecule has 4 nitrogen and oxygen atoms in total. The molecule has 0 amide bonds. The van der Waals surface area contributed by atoms with Crippen LogP contribution in [0.1, 0.15) is 34.1 Å². The molecule has 0 heterocycles. The Morgan fingerprint density at radius 2 is 1.82 bits per heavy atom. The smallest absolute Gasteiger partial charge is 0.361 e. The van der Waals surface area contributed by atoms with Gasteiger partial charge >= 0.3 is 14.4 Å². The Morgan fingerprint density at radius 3 is 2.43 bits per heavy atom. The lowest BCUT2D eigenvalue weighted by atomic mass is 9.92. The molecule has 0 bridgehead atoms. The van der Waals surface area contributed by atoms with E-state index in [0.717, 1.165) is 10.3 Å². The normalized spacial score (nSPS) is 14.9. The van der Waals surface area contributed by atoms with Crippen molar-refractivity contribution in [1.29, 1.82) is 0 Å². The minimum atomic E-state index is -1.05. The molecule has 0 spiro atoms. The van der Waals surface area contributed by atoms with E-state index in [9.17, 15) is 9.36 Å². The summed E-state index contributed by atoms with van der Waals surface area (Å²) >= 11 is 1.57. The van der Waals surface area contributed by atoms with Gasteiger partial charge in [0.05, 0.1) is 12.4 Å². The second-order valence-corrected chi connectivity index (χ2v) is 9.26. The van der Waals surface area contributed by atoms with E-state index in [1.807, 2.05) is 32.9 Å². The van der Waals surface area contributed by atoms with Gasteiger partial charge < -0.3 is 9.47 Å². The van der Waals surface area contributed by atoms with Gasteiger partial charge in [0.1, 0.15) is 5.92 Å². The molecule has 6 heteroatoms. The summed E-state index contributed by atoms with van der Waals surface area (Å²) in [5.41, 5.74) is 0. The summed E-state index contributed by atoms with van der Waals surface area (Å²) in [5.74, 6) is -0.198. The Hall–Kier alpha value is -1.42. The number of carbonyl (C=O) groups excluding carboxylic acids is 1. The van der Waals surface area contributed by atoms with Crippen LogP contribution in [-0.2, 0) is 18.8 Å². The minimum Gasteiger partial charge on any atom is -0.466 e. The second-order valence-electron chi connectivity index (χ2n) is 7.16. The summed E-state index contributed by atoms with van der Waals surface area (Å²) in [7, 11) is -0.758. The largest absolute Gasteiger partial charge is 0.466 e. The zero-order valence-corrected chi connectivity index (χ0v) is 18.9. The van der Waals surface area contributed by atoms with Crippen LogP contribution in [0.3, 0.4) is 0 Å². The third-order valence-electron chi connectivity index (χ3n) is 4.59. The zero-order chi connectivity index (χ0) is 20.6. The summed E-state index contributed by atoms with van der Waals surface area (Å²) in [5, 5.41) is 1.28. The lowest BCUT2D eigenvalue weighted by Crippen LogP contribution is -2.44.